The number of halogens is 1. The Morgan fingerprint density at radius 2 is 1.71 bits per heavy atom. The number of likely N-dealkylation sites (tertiary alicyclic amines) is 1. The highest BCUT2D eigenvalue weighted by atomic mass is 79.9. The molecule has 6 nitrogen and oxygen atoms in total. The van der Waals surface area contributed by atoms with Gasteiger partial charge in [-0.15, -0.1) is 0 Å². The third-order valence-corrected chi connectivity index (χ3v) is 5.00. The molecule has 1 amide bonds. The van der Waals surface area contributed by atoms with E-state index in [1.54, 1.807) is 24.3 Å². The third kappa shape index (κ3) is 5.19. The highest BCUT2D eigenvalue weighted by Crippen LogP contribution is 2.20. The maximum absolute atomic E-state index is 12.4. The first-order chi connectivity index (χ1) is 13.5. The van der Waals surface area contributed by atoms with E-state index in [4.69, 9.17) is 9.47 Å². The van der Waals surface area contributed by atoms with E-state index in [0.29, 0.717) is 24.9 Å². The van der Waals surface area contributed by atoms with Crippen LogP contribution in [-0.4, -0.2) is 41.9 Å². The third-order valence-electron chi connectivity index (χ3n) is 4.48. The number of rotatable bonds is 6. The van der Waals surface area contributed by atoms with Gasteiger partial charge in [0.25, 0.3) is 0 Å². The van der Waals surface area contributed by atoms with Crippen LogP contribution in [0.3, 0.4) is 0 Å². The summed E-state index contributed by atoms with van der Waals surface area (Å²) < 4.78 is 11.3. The fourth-order valence-electron chi connectivity index (χ4n) is 2.98. The summed E-state index contributed by atoms with van der Waals surface area (Å²) in [5.74, 6) is -0.878. The molecule has 1 saturated heterocycles. The van der Waals surface area contributed by atoms with Crippen molar-refractivity contribution >= 4 is 33.8 Å². The number of hydrogen-bond donors (Lipinski definition) is 0. The van der Waals surface area contributed by atoms with Crippen molar-refractivity contribution < 1.29 is 23.9 Å². The molecule has 1 aliphatic heterocycles. The fraction of sp³-hybridized carbons (Fsp3) is 0.286. The van der Waals surface area contributed by atoms with Gasteiger partial charge < -0.3 is 9.47 Å². The number of benzene rings is 2. The minimum absolute atomic E-state index is 0.139. The van der Waals surface area contributed by atoms with Crippen LogP contribution in [0.15, 0.2) is 59.1 Å². The summed E-state index contributed by atoms with van der Waals surface area (Å²) in [5.41, 5.74) is 1.33. The summed E-state index contributed by atoms with van der Waals surface area (Å²) in [5, 5.41) is 0. The monoisotopic (exact) mass is 445 g/mol. The fourth-order valence-corrected chi connectivity index (χ4v) is 3.25. The van der Waals surface area contributed by atoms with Crippen LogP contribution in [-0.2, 0) is 20.9 Å². The number of ether oxygens (including phenoxy) is 2. The number of ketones is 1. The molecule has 0 spiro atoms. The van der Waals surface area contributed by atoms with Crippen molar-refractivity contribution in [1.29, 1.82) is 0 Å². The van der Waals surface area contributed by atoms with Gasteiger partial charge >= 0.3 is 12.1 Å². The SMILES string of the molecule is O=C(COC(=O)[C@@H]1CCCN1C(=O)OCc1ccccc1)c1ccc(Br)cc1. The molecule has 0 bridgehead atoms. The van der Waals surface area contributed by atoms with E-state index < -0.39 is 18.1 Å². The van der Waals surface area contributed by atoms with Crippen LogP contribution >= 0.6 is 15.9 Å². The lowest BCUT2D eigenvalue weighted by Crippen LogP contribution is -2.42. The second-order valence-corrected chi connectivity index (χ2v) is 7.35. The summed E-state index contributed by atoms with van der Waals surface area (Å²) in [6, 6.07) is 15.4. The summed E-state index contributed by atoms with van der Waals surface area (Å²) in [7, 11) is 0. The largest absolute Gasteiger partial charge is 0.456 e. The van der Waals surface area contributed by atoms with Gasteiger partial charge in [0.05, 0.1) is 0 Å². The zero-order chi connectivity index (χ0) is 19.9. The van der Waals surface area contributed by atoms with Crippen molar-refractivity contribution in [3.63, 3.8) is 0 Å². The molecule has 1 atom stereocenters. The van der Waals surface area contributed by atoms with Gasteiger partial charge in [-0.05, 0) is 30.5 Å². The van der Waals surface area contributed by atoms with E-state index in [0.717, 1.165) is 10.0 Å². The van der Waals surface area contributed by atoms with E-state index in [-0.39, 0.29) is 19.0 Å². The molecule has 28 heavy (non-hydrogen) atoms. The van der Waals surface area contributed by atoms with Crippen LogP contribution in [0.1, 0.15) is 28.8 Å². The molecule has 0 aliphatic carbocycles. The van der Waals surface area contributed by atoms with Gasteiger partial charge in [0, 0.05) is 16.6 Å². The van der Waals surface area contributed by atoms with Crippen molar-refractivity contribution in [2.45, 2.75) is 25.5 Å². The average molecular weight is 446 g/mol. The topological polar surface area (TPSA) is 72.9 Å². The Morgan fingerprint density at radius 1 is 1.00 bits per heavy atom. The number of Topliss-reactive ketones (excluding diaryl/α,β-unsaturated/α-hetero) is 1. The molecule has 0 radical (unpaired) electrons. The van der Waals surface area contributed by atoms with Gasteiger partial charge in [-0.2, -0.15) is 0 Å². The van der Waals surface area contributed by atoms with Crippen molar-refractivity contribution in [3.8, 4) is 0 Å². The number of hydrogen-bond acceptors (Lipinski definition) is 5. The number of amides is 1. The van der Waals surface area contributed by atoms with Crippen molar-refractivity contribution in [3.05, 3.63) is 70.2 Å². The molecule has 2 aromatic rings. The second-order valence-electron chi connectivity index (χ2n) is 6.43. The van der Waals surface area contributed by atoms with Crippen molar-refractivity contribution in [2.24, 2.45) is 0 Å². The maximum atomic E-state index is 12.4. The predicted octanol–water partition coefficient (Wildman–Crippen LogP) is 3.98. The Morgan fingerprint density at radius 3 is 2.43 bits per heavy atom. The van der Waals surface area contributed by atoms with Gasteiger partial charge in [-0.25, -0.2) is 9.59 Å². The quantitative estimate of drug-likeness (QED) is 0.496. The number of nitrogens with zero attached hydrogens (tertiary/aromatic N) is 1. The molecule has 146 valence electrons. The summed E-state index contributed by atoms with van der Waals surface area (Å²) in [6.45, 7) is 0.206. The smallest absolute Gasteiger partial charge is 0.410 e. The molecular formula is C21H20BrNO5. The van der Waals surface area contributed by atoms with E-state index in [1.807, 2.05) is 30.3 Å². The first kappa shape index (κ1) is 20.1. The first-order valence-electron chi connectivity index (χ1n) is 8.97. The van der Waals surface area contributed by atoms with Crippen molar-refractivity contribution in [1.82, 2.24) is 4.90 Å². The van der Waals surface area contributed by atoms with Gasteiger partial charge in [0.1, 0.15) is 12.6 Å². The van der Waals surface area contributed by atoms with Crippen molar-refractivity contribution in [2.75, 3.05) is 13.2 Å². The zero-order valence-corrected chi connectivity index (χ0v) is 16.8. The molecule has 0 unspecified atom stereocenters. The van der Waals surface area contributed by atoms with E-state index in [9.17, 15) is 14.4 Å². The number of esters is 1. The minimum Gasteiger partial charge on any atom is -0.456 e. The zero-order valence-electron chi connectivity index (χ0n) is 15.2. The lowest BCUT2D eigenvalue weighted by molar-refractivity contribution is -0.147. The molecule has 1 fully saturated rings. The Hall–Kier alpha value is -2.67. The van der Waals surface area contributed by atoms with Gasteiger partial charge in [-0.1, -0.05) is 58.4 Å². The normalized spacial score (nSPS) is 15.9. The van der Waals surface area contributed by atoms with E-state index in [2.05, 4.69) is 15.9 Å². The lowest BCUT2D eigenvalue weighted by Gasteiger charge is -2.22. The molecule has 1 heterocycles. The lowest BCUT2D eigenvalue weighted by atomic mass is 10.1. The summed E-state index contributed by atoms with van der Waals surface area (Å²) in [4.78, 5) is 38.3. The van der Waals surface area contributed by atoms with Crippen LogP contribution in [0, 0.1) is 0 Å². The summed E-state index contributed by atoms with van der Waals surface area (Å²) in [6.07, 6.45) is 0.620. The van der Waals surface area contributed by atoms with E-state index >= 15 is 0 Å². The Labute approximate surface area is 171 Å². The standard InChI is InChI=1S/C21H20BrNO5/c22-17-10-8-16(9-11-17)19(24)14-27-20(25)18-7-4-12-23(18)21(26)28-13-15-5-2-1-3-6-15/h1-3,5-6,8-11,18H,4,7,12-14H2/t18-/m0/s1. The highest BCUT2D eigenvalue weighted by Gasteiger charge is 2.36. The van der Waals surface area contributed by atoms with Gasteiger partial charge in [-0.3, -0.25) is 9.69 Å². The van der Waals surface area contributed by atoms with Crippen LogP contribution in [0.4, 0.5) is 4.79 Å². The van der Waals surface area contributed by atoms with Gasteiger partial charge in [0.2, 0.25) is 0 Å². The minimum atomic E-state index is -0.721. The molecule has 2 aromatic carbocycles. The number of carbonyl (C=O) groups excluding carboxylic acids is 3. The highest BCUT2D eigenvalue weighted by molar-refractivity contribution is 9.10. The first-order valence-corrected chi connectivity index (χ1v) is 9.76. The molecular weight excluding hydrogens is 426 g/mol. The second kappa shape index (κ2) is 9.50. The molecule has 0 saturated carbocycles. The number of carbonyl (C=O) groups is 3. The van der Waals surface area contributed by atoms with Crippen LogP contribution in [0.2, 0.25) is 0 Å². The maximum Gasteiger partial charge on any atom is 0.410 e. The average Bonchev–Trinajstić information content (AvgIpc) is 3.21. The Balaban J connectivity index is 1.51. The Bertz CT molecular complexity index is 838. The predicted molar refractivity (Wildman–Crippen MR) is 106 cm³/mol. The van der Waals surface area contributed by atoms with Gasteiger partial charge in [0.15, 0.2) is 12.4 Å². The van der Waals surface area contributed by atoms with Crippen LogP contribution in [0.5, 0.6) is 0 Å². The molecule has 7 heteroatoms. The van der Waals surface area contributed by atoms with Crippen LogP contribution < -0.4 is 0 Å². The van der Waals surface area contributed by atoms with Crippen LogP contribution in [0.25, 0.3) is 0 Å². The Kier molecular flexibility index (Phi) is 6.81. The molecule has 0 N–H and O–H groups in total. The van der Waals surface area contributed by atoms with E-state index in [1.165, 1.54) is 4.90 Å². The molecule has 1 aliphatic rings. The summed E-state index contributed by atoms with van der Waals surface area (Å²) >= 11 is 3.30. The molecule has 3 rings (SSSR count). The molecule has 0 aromatic heterocycles.